The lowest BCUT2D eigenvalue weighted by Gasteiger charge is -2.11. The smallest absolute Gasteiger partial charge is 0.133 e. The molecule has 0 rings (SSSR count). The molecule has 0 aromatic rings. The fourth-order valence-corrected chi connectivity index (χ4v) is 4.30. The van der Waals surface area contributed by atoms with E-state index in [-0.39, 0.29) is 0 Å². The summed E-state index contributed by atoms with van der Waals surface area (Å²) in [5.74, 6) is 6.28. The molecule has 0 saturated carbocycles. The van der Waals surface area contributed by atoms with Crippen molar-refractivity contribution in [1.82, 2.24) is 0 Å². The molecule has 0 aromatic carbocycles. The second-order valence-corrected chi connectivity index (χ2v) is 9.92. The average molecular weight is 484 g/mol. The van der Waals surface area contributed by atoms with E-state index >= 15 is 0 Å². The summed E-state index contributed by atoms with van der Waals surface area (Å²) in [6.07, 6.45) is 37.6. The number of aliphatic carboxylic acids is 1. The number of unbranched alkanes of at least 4 members (excludes halogenated alkanes) is 16. The summed E-state index contributed by atoms with van der Waals surface area (Å²) >= 11 is 0. The number of carboxylic acids is 1. The van der Waals surface area contributed by atoms with Gasteiger partial charge in [0.25, 0.3) is 0 Å². The molecule has 2 atom stereocenters. The molecule has 0 heterocycles. The van der Waals surface area contributed by atoms with Gasteiger partial charge in [0.1, 0.15) is 12.1 Å². The van der Waals surface area contributed by atoms with Crippen LogP contribution in [0.15, 0.2) is 24.3 Å². The molecular weight excluding hydrogens is 432 g/mol. The number of carbonyl (C=O) groups excluding carboxylic acids is 1. The van der Waals surface area contributed by atoms with E-state index in [0.717, 1.165) is 25.2 Å². The summed E-state index contributed by atoms with van der Waals surface area (Å²) in [6, 6.07) is 0. The summed E-state index contributed by atoms with van der Waals surface area (Å²) in [5.41, 5.74) is 0. The van der Waals surface area contributed by atoms with Gasteiger partial charge in [-0.3, -0.25) is 0 Å². The second-order valence-electron chi connectivity index (χ2n) is 9.92. The van der Waals surface area contributed by atoms with Crippen molar-refractivity contribution >= 4 is 5.97 Å². The molecule has 0 radical (unpaired) electrons. The first kappa shape index (κ1) is 33.0. The topological polar surface area (TPSA) is 60.4 Å². The SMILES string of the molecule is C#C[C@H](O)/C=C/CCCCCCCCC(C)CCCCCCCCCCCC/C=C\C#CC(=O)[O-]. The summed E-state index contributed by atoms with van der Waals surface area (Å²) in [6.45, 7) is 2.42. The van der Waals surface area contributed by atoms with Crippen molar-refractivity contribution in [3.8, 4) is 24.2 Å². The number of hydrogen-bond acceptors (Lipinski definition) is 3. The zero-order valence-electron chi connectivity index (χ0n) is 22.4. The Morgan fingerprint density at radius 2 is 1.20 bits per heavy atom. The van der Waals surface area contributed by atoms with Crippen LogP contribution in [-0.2, 0) is 4.79 Å². The van der Waals surface area contributed by atoms with Crippen molar-refractivity contribution in [3.05, 3.63) is 24.3 Å². The van der Waals surface area contributed by atoms with E-state index in [0.29, 0.717) is 0 Å². The largest absolute Gasteiger partial charge is 0.537 e. The van der Waals surface area contributed by atoms with Crippen LogP contribution in [0.25, 0.3) is 0 Å². The van der Waals surface area contributed by atoms with Crippen LogP contribution in [0.4, 0.5) is 0 Å². The van der Waals surface area contributed by atoms with Crippen molar-refractivity contribution in [2.75, 3.05) is 0 Å². The minimum absolute atomic E-state index is 0.723. The molecular formula is C32H51O3-. The predicted octanol–water partition coefficient (Wildman–Crippen LogP) is 7.28. The number of carboxylic acid groups (broad SMARTS) is 1. The van der Waals surface area contributed by atoms with E-state index in [1.54, 1.807) is 12.2 Å². The zero-order valence-corrected chi connectivity index (χ0v) is 22.4. The molecule has 0 amide bonds. The maximum Gasteiger partial charge on any atom is 0.133 e. The number of hydrogen-bond donors (Lipinski definition) is 1. The molecule has 0 saturated heterocycles. The fraction of sp³-hybridized carbons (Fsp3) is 0.719. The molecule has 0 fully saturated rings. The standard InChI is InChI=1S/C32H52O3/c1-3-31(33)28-24-20-16-13-12-15-19-23-27-30(2)26-22-18-14-10-8-6-4-5-7-9-11-17-21-25-29-32(34)35/h1,17,21,24,28,30-31,33H,4-16,18-20,22-23,26-27H2,2H3,(H,34,35)/p-1/b21-17-,28-24+/t30?,31-/m0/s1. The molecule has 3 nitrogen and oxygen atoms in total. The summed E-state index contributed by atoms with van der Waals surface area (Å²) < 4.78 is 0. The number of allylic oxidation sites excluding steroid dienone is 3. The van der Waals surface area contributed by atoms with Crippen LogP contribution in [0.3, 0.4) is 0 Å². The Labute approximate surface area is 216 Å². The molecule has 1 unspecified atom stereocenters. The third-order valence-electron chi connectivity index (χ3n) is 6.50. The van der Waals surface area contributed by atoms with E-state index in [2.05, 4.69) is 18.8 Å². The number of terminal acetylenes is 1. The Bertz CT molecular complexity index is 644. The van der Waals surface area contributed by atoms with Gasteiger partial charge in [-0.05, 0) is 49.7 Å². The monoisotopic (exact) mass is 483 g/mol. The normalized spacial score (nSPS) is 12.9. The highest BCUT2D eigenvalue weighted by Gasteiger charge is 2.02. The molecule has 0 bridgehead atoms. The van der Waals surface area contributed by atoms with E-state index in [1.165, 1.54) is 109 Å². The highest BCUT2D eigenvalue weighted by atomic mass is 16.4. The van der Waals surface area contributed by atoms with Crippen LogP contribution in [-0.4, -0.2) is 17.2 Å². The minimum atomic E-state index is -1.32. The zero-order chi connectivity index (χ0) is 25.8. The van der Waals surface area contributed by atoms with E-state index in [9.17, 15) is 15.0 Å². The van der Waals surface area contributed by atoms with Gasteiger partial charge in [0.05, 0.1) is 0 Å². The van der Waals surface area contributed by atoms with Gasteiger partial charge in [0.15, 0.2) is 0 Å². The van der Waals surface area contributed by atoms with Crippen LogP contribution in [0, 0.1) is 30.1 Å². The lowest BCUT2D eigenvalue weighted by molar-refractivity contribution is -0.295. The molecule has 0 aromatic heterocycles. The summed E-state index contributed by atoms with van der Waals surface area (Å²) in [7, 11) is 0. The van der Waals surface area contributed by atoms with Gasteiger partial charge in [-0.2, -0.15) is 0 Å². The van der Waals surface area contributed by atoms with Gasteiger partial charge in [-0.1, -0.05) is 134 Å². The maximum absolute atomic E-state index is 10.1. The molecule has 1 N–H and O–H groups in total. The molecule has 35 heavy (non-hydrogen) atoms. The third-order valence-corrected chi connectivity index (χ3v) is 6.50. The van der Waals surface area contributed by atoms with Crippen LogP contribution in [0.5, 0.6) is 0 Å². The molecule has 0 aliphatic heterocycles. The van der Waals surface area contributed by atoms with Crippen LogP contribution in [0.1, 0.15) is 135 Å². The number of aliphatic hydroxyl groups excluding tert-OH is 1. The highest BCUT2D eigenvalue weighted by Crippen LogP contribution is 2.19. The first-order valence-electron chi connectivity index (χ1n) is 14.2. The van der Waals surface area contributed by atoms with E-state index in [4.69, 9.17) is 6.42 Å². The molecule has 198 valence electrons. The first-order chi connectivity index (χ1) is 17.1. The van der Waals surface area contributed by atoms with Crippen molar-refractivity contribution in [1.29, 1.82) is 0 Å². The van der Waals surface area contributed by atoms with Gasteiger partial charge < -0.3 is 15.0 Å². The Hall–Kier alpha value is -1.97. The molecule has 0 aliphatic rings. The van der Waals surface area contributed by atoms with Crippen molar-refractivity contribution in [3.63, 3.8) is 0 Å². The van der Waals surface area contributed by atoms with Crippen LogP contribution in [0.2, 0.25) is 0 Å². The van der Waals surface area contributed by atoms with Crippen molar-refractivity contribution < 1.29 is 15.0 Å². The summed E-state index contributed by atoms with van der Waals surface area (Å²) in [5, 5.41) is 19.4. The fourth-order valence-electron chi connectivity index (χ4n) is 4.30. The Balaban J connectivity index is 3.28. The van der Waals surface area contributed by atoms with E-state index in [1.807, 2.05) is 18.1 Å². The van der Waals surface area contributed by atoms with Crippen LogP contribution >= 0.6 is 0 Å². The quantitative estimate of drug-likeness (QED) is 0.0943. The van der Waals surface area contributed by atoms with Gasteiger partial charge in [-0.25, -0.2) is 0 Å². The van der Waals surface area contributed by atoms with Gasteiger partial charge >= 0.3 is 0 Å². The minimum Gasteiger partial charge on any atom is -0.537 e. The third kappa shape index (κ3) is 28.2. The van der Waals surface area contributed by atoms with Crippen molar-refractivity contribution in [2.45, 2.75) is 141 Å². The van der Waals surface area contributed by atoms with E-state index < -0.39 is 12.1 Å². The predicted molar refractivity (Wildman–Crippen MR) is 147 cm³/mol. The highest BCUT2D eigenvalue weighted by molar-refractivity contribution is 5.84. The Morgan fingerprint density at radius 1 is 0.771 bits per heavy atom. The lowest BCUT2D eigenvalue weighted by Crippen LogP contribution is -2.19. The molecule has 0 spiro atoms. The molecule has 0 aliphatic carbocycles. The Kier molecular flexibility index (Phi) is 25.1. The van der Waals surface area contributed by atoms with Crippen LogP contribution < -0.4 is 5.11 Å². The Morgan fingerprint density at radius 3 is 1.66 bits per heavy atom. The maximum atomic E-state index is 10.1. The van der Waals surface area contributed by atoms with Gasteiger partial charge in [0.2, 0.25) is 0 Å². The molecule has 3 heteroatoms. The van der Waals surface area contributed by atoms with Gasteiger partial charge in [-0.15, -0.1) is 6.42 Å². The van der Waals surface area contributed by atoms with Gasteiger partial charge in [0, 0.05) is 0 Å². The number of carbonyl (C=O) groups is 1. The number of aliphatic hydroxyl groups is 1. The number of rotatable bonds is 23. The average Bonchev–Trinajstić information content (AvgIpc) is 2.84. The second kappa shape index (κ2) is 26.6. The first-order valence-corrected chi connectivity index (χ1v) is 14.2. The summed E-state index contributed by atoms with van der Waals surface area (Å²) in [4.78, 5) is 10.1. The lowest BCUT2D eigenvalue weighted by atomic mass is 9.95. The van der Waals surface area contributed by atoms with Crippen molar-refractivity contribution in [2.24, 2.45) is 5.92 Å².